The normalized spacial score (nSPS) is 11.4. The van der Waals surface area contributed by atoms with Crippen LogP contribution in [-0.4, -0.2) is 17.5 Å². The van der Waals surface area contributed by atoms with E-state index < -0.39 is 5.97 Å². The first-order valence-electron chi connectivity index (χ1n) is 9.46. The van der Waals surface area contributed by atoms with Crippen molar-refractivity contribution in [3.8, 4) is 0 Å². The lowest BCUT2D eigenvalue weighted by molar-refractivity contribution is -0.139. The van der Waals surface area contributed by atoms with Gasteiger partial charge in [-0.2, -0.15) is 0 Å². The van der Waals surface area contributed by atoms with Gasteiger partial charge >= 0.3 is 5.97 Å². The van der Waals surface area contributed by atoms with Crippen LogP contribution in [0.5, 0.6) is 0 Å². The Kier molecular flexibility index (Phi) is 8.20. The average molecular weight is 397 g/mol. The first-order chi connectivity index (χ1) is 13.4. The molecule has 5 heteroatoms. The summed E-state index contributed by atoms with van der Waals surface area (Å²) in [5, 5.41) is 6.43. The molecule has 0 amide bonds. The maximum atomic E-state index is 12.8. The lowest BCUT2D eigenvalue weighted by Crippen LogP contribution is -2.26. The van der Waals surface area contributed by atoms with E-state index in [2.05, 4.69) is 24.5 Å². The summed E-state index contributed by atoms with van der Waals surface area (Å²) in [7, 11) is 0. The SMILES string of the molecule is CCCNC(C)=C(C(=O)OCc1ccccc1)C(=S)Nc1ccc(C)c(C)c1. The van der Waals surface area contributed by atoms with Gasteiger partial charge in [-0.15, -0.1) is 0 Å². The molecule has 0 aliphatic rings. The number of aryl methyl sites for hydroxylation is 2. The molecule has 0 saturated heterocycles. The minimum Gasteiger partial charge on any atom is -0.457 e. The summed E-state index contributed by atoms with van der Waals surface area (Å²) in [5.74, 6) is -0.439. The predicted octanol–water partition coefficient (Wildman–Crippen LogP) is 5.06. The Balaban J connectivity index is 2.18. The zero-order chi connectivity index (χ0) is 20.5. The van der Waals surface area contributed by atoms with Crippen LogP contribution in [-0.2, 0) is 16.1 Å². The molecule has 0 unspecified atom stereocenters. The zero-order valence-electron chi connectivity index (χ0n) is 17.0. The van der Waals surface area contributed by atoms with Crippen LogP contribution >= 0.6 is 12.2 Å². The van der Waals surface area contributed by atoms with Crippen LogP contribution in [0.2, 0.25) is 0 Å². The summed E-state index contributed by atoms with van der Waals surface area (Å²) < 4.78 is 5.53. The molecule has 2 N–H and O–H groups in total. The van der Waals surface area contributed by atoms with Crippen molar-refractivity contribution in [1.29, 1.82) is 0 Å². The highest BCUT2D eigenvalue weighted by atomic mass is 32.1. The van der Waals surface area contributed by atoms with Crippen LogP contribution < -0.4 is 10.6 Å². The highest BCUT2D eigenvalue weighted by Gasteiger charge is 2.20. The topological polar surface area (TPSA) is 50.4 Å². The number of benzene rings is 2. The third-order valence-corrected chi connectivity index (χ3v) is 4.73. The Morgan fingerprint density at radius 1 is 1.07 bits per heavy atom. The number of carbonyl (C=O) groups excluding carboxylic acids is 1. The number of thiocarbonyl (C=S) groups is 1. The maximum absolute atomic E-state index is 12.8. The van der Waals surface area contributed by atoms with Crippen molar-refractivity contribution in [2.24, 2.45) is 0 Å². The number of allylic oxidation sites excluding steroid dienone is 1. The van der Waals surface area contributed by atoms with E-state index in [-0.39, 0.29) is 6.61 Å². The van der Waals surface area contributed by atoms with Crippen molar-refractivity contribution in [3.05, 3.63) is 76.5 Å². The standard InChI is InChI=1S/C23H28N2O2S/c1-5-13-24-18(4)21(23(26)27-15-19-9-7-6-8-10-19)22(28)25-20-12-11-16(2)17(3)14-20/h6-12,14,24H,5,13,15H2,1-4H3,(H,25,28). The fourth-order valence-electron chi connectivity index (χ4n) is 2.63. The van der Waals surface area contributed by atoms with E-state index in [4.69, 9.17) is 17.0 Å². The quantitative estimate of drug-likeness (QED) is 0.371. The van der Waals surface area contributed by atoms with Crippen LogP contribution in [0.1, 0.15) is 37.0 Å². The molecule has 0 atom stereocenters. The van der Waals surface area contributed by atoms with Gasteiger partial charge in [-0.1, -0.05) is 55.5 Å². The summed E-state index contributed by atoms with van der Waals surface area (Å²) >= 11 is 5.56. The van der Waals surface area contributed by atoms with Gasteiger partial charge in [0.05, 0.1) is 0 Å². The van der Waals surface area contributed by atoms with Crippen LogP contribution in [0.4, 0.5) is 5.69 Å². The molecule has 2 aromatic carbocycles. The zero-order valence-corrected chi connectivity index (χ0v) is 17.8. The number of ether oxygens (including phenoxy) is 1. The van der Waals surface area contributed by atoms with Crippen LogP contribution in [0.3, 0.4) is 0 Å². The smallest absolute Gasteiger partial charge is 0.343 e. The molecule has 0 aliphatic carbocycles. The third kappa shape index (κ3) is 6.20. The second-order valence-electron chi connectivity index (χ2n) is 6.74. The van der Waals surface area contributed by atoms with E-state index in [0.717, 1.165) is 29.8 Å². The van der Waals surface area contributed by atoms with E-state index in [9.17, 15) is 4.79 Å². The molecule has 28 heavy (non-hydrogen) atoms. The van der Waals surface area contributed by atoms with Crippen molar-refractivity contribution >= 4 is 28.9 Å². The first kappa shape index (κ1) is 21.6. The van der Waals surface area contributed by atoms with E-state index >= 15 is 0 Å². The van der Waals surface area contributed by atoms with Crippen molar-refractivity contribution in [3.63, 3.8) is 0 Å². The Morgan fingerprint density at radius 3 is 2.43 bits per heavy atom. The molecule has 2 aromatic rings. The summed E-state index contributed by atoms with van der Waals surface area (Å²) in [6.45, 7) is 8.98. The highest BCUT2D eigenvalue weighted by Crippen LogP contribution is 2.17. The molecule has 2 rings (SSSR count). The lowest BCUT2D eigenvalue weighted by Gasteiger charge is -2.16. The second-order valence-corrected chi connectivity index (χ2v) is 7.15. The molecule has 0 heterocycles. The molecule has 0 spiro atoms. The first-order valence-corrected chi connectivity index (χ1v) is 9.87. The Morgan fingerprint density at radius 2 is 1.79 bits per heavy atom. The minimum atomic E-state index is -0.439. The maximum Gasteiger partial charge on any atom is 0.343 e. The summed E-state index contributed by atoms with van der Waals surface area (Å²) in [6.07, 6.45) is 0.945. The van der Waals surface area contributed by atoms with E-state index in [1.807, 2.05) is 62.4 Å². The number of nitrogens with one attached hydrogen (secondary N) is 2. The molecule has 4 nitrogen and oxygen atoms in total. The largest absolute Gasteiger partial charge is 0.457 e. The number of hydrogen-bond acceptors (Lipinski definition) is 4. The molecule has 0 aliphatic heterocycles. The van der Waals surface area contributed by atoms with Gasteiger partial charge in [0, 0.05) is 17.9 Å². The fourth-order valence-corrected chi connectivity index (χ4v) is 2.98. The molecule has 0 radical (unpaired) electrons. The van der Waals surface area contributed by atoms with Gasteiger partial charge in [0.2, 0.25) is 0 Å². The Hall–Kier alpha value is -2.66. The molecule has 0 bridgehead atoms. The van der Waals surface area contributed by atoms with E-state index in [1.165, 1.54) is 5.56 Å². The Bertz CT molecular complexity index is 860. The van der Waals surface area contributed by atoms with Gasteiger partial charge in [-0.3, -0.25) is 0 Å². The molecule has 0 aromatic heterocycles. The van der Waals surface area contributed by atoms with E-state index in [1.54, 1.807) is 0 Å². The van der Waals surface area contributed by atoms with Gasteiger partial charge in [0.25, 0.3) is 0 Å². The fraction of sp³-hybridized carbons (Fsp3) is 0.304. The Labute approximate surface area is 173 Å². The summed E-state index contributed by atoms with van der Waals surface area (Å²) in [6, 6.07) is 15.6. The minimum absolute atomic E-state index is 0.205. The van der Waals surface area contributed by atoms with Gasteiger partial charge in [-0.05, 0) is 56.0 Å². The number of anilines is 1. The van der Waals surface area contributed by atoms with Crippen molar-refractivity contribution in [1.82, 2.24) is 5.32 Å². The molecular formula is C23H28N2O2S. The van der Waals surface area contributed by atoms with Crippen LogP contribution in [0.25, 0.3) is 0 Å². The summed E-state index contributed by atoms with van der Waals surface area (Å²) in [4.78, 5) is 13.2. The van der Waals surface area contributed by atoms with Crippen molar-refractivity contribution in [2.45, 2.75) is 40.7 Å². The number of esters is 1. The highest BCUT2D eigenvalue weighted by molar-refractivity contribution is 7.81. The lowest BCUT2D eigenvalue weighted by atomic mass is 10.1. The van der Waals surface area contributed by atoms with Crippen LogP contribution in [0, 0.1) is 13.8 Å². The van der Waals surface area contributed by atoms with Crippen molar-refractivity contribution < 1.29 is 9.53 Å². The second kappa shape index (κ2) is 10.6. The number of carbonyl (C=O) groups is 1. The molecule has 0 fully saturated rings. The number of rotatable bonds is 8. The van der Waals surface area contributed by atoms with Crippen LogP contribution in [0.15, 0.2) is 59.8 Å². The predicted molar refractivity (Wildman–Crippen MR) is 119 cm³/mol. The molecular weight excluding hydrogens is 368 g/mol. The molecule has 148 valence electrons. The third-order valence-electron chi connectivity index (χ3n) is 4.42. The summed E-state index contributed by atoms with van der Waals surface area (Å²) in [5.41, 5.74) is 5.21. The average Bonchev–Trinajstić information content (AvgIpc) is 2.68. The van der Waals surface area contributed by atoms with Gasteiger partial charge in [-0.25, -0.2) is 4.79 Å². The monoisotopic (exact) mass is 396 g/mol. The molecule has 0 saturated carbocycles. The van der Waals surface area contributed by atoms with E-state index in [0.29, 0.717) is 16.3 Å². The van der Waals surface area contributed by atoms with Crippen molar-refractivity contribution in [2.75, 3.05) is 11.9 Å². The van der Waals surface area contributed by atoms with Gasteiger partial charge in [0.15, 0.2) is 0 Å². The van der Waals surface area contributed by atoms with Gasteiger partial charge < -0.3 is 15.4 Å². The number of hydrogen-bond donors (Lipinski definition) is 2. The van der Waals surface area contributed by atoms with Gasteiger partial charge in [0.1, 0.15) is 17.2 Å².